The lowest BCUT2D eigenvalue weighted by atomic mass is 9.52. The molecular weight excluding hydrogens is 406 g/mol. The van der Waals surface area contributed by atoms with Gasteiger partial charge in [-0.05, 0) is 34.4 Å². The molecule has 1 N–H and O–H groups in total. The van der Waals surface area contributed by atoms with Crippen LogP contribution in [-0.2, 0) is 16.8 Å². The molecule has 3 heteroatoms. The fourth-order valence-corrected chi connectivity index (χ4v) is 6.40. The normalized spacial score (nSPS) is 28.3. The Bertz CT molecular complexity index is 1100. The predicted octanol–water partition coefficient (Wildman–Crippen LogP) is 5.41. The minimum atomic E-state index is -1.02. The highest BCUT2D eigenvalue weighted by molar-refractivity contribution is 5.79. The van der Waals surface area contributed by atoms with Gasteiger partial charge in [0, 0.05) is 24.9 Å². The molecule has 4 atom stereocenters. The van der Waals surface area contributed by atoms with E-state index in [0.29, 0.717) is 19.5 Å². The van der Waals surface area contributed by atoms with Crippen molar-refractivity contribution in [1.82, 2.24) is 4.90 Å². The molecule has 1 unspecified atom stereocenters. The second kappa shape index (κ2) is 8.46. The second-order valence-corrected chi connectivity index (χ2v) is 10.5. The SMILES string of the molecule is CC1(C)CC(c2ccccc2)[C@@](O)(c2ccccc2)[C@@H]2CN(C(=O)Cc3ccccc3)C[C@@H]21. The Morgan fingerprint density at radius 1 is 0.848 bits per heavy atom. The third-order valence-corrected chi connectivity index (χ3v) is 8.14. The molecule has 3 aromatic rings. The third-order valence-electron chi connectivity index (χ3n) is 8.14. The van der Waals surface area contributed by atoms with Gasteiger partial charge in [0.15, 0.2) is 0 Å². The molecule has 2 aliphatic rings. The summed E-state index contributed by atoms with van der Waals surface area (Å²) in [6.07, 6.45) is 1.29. The fraction of sp³-hybridized carbons (Fsp3) is 0.367. The maximum Gasteiger partial charge on any atom is 0.227 e. The highest BCUT2D eigenvalue weighted by Gasteiger charge is 2.60. The van der Waals surface area contributed by atoms with E-state index in [2.05, 4.69) is 50.2 Å². The largest absolute Gasteiger partial charge is 0.384 e. The van der Waals surface area contributed by atoms with Crippen molar-refractivity contribution in [3.8, 4) is 0 Å². The number of amides is 1. The van der Waals surface area contributed by atoms with Crippen LogP contribution in [-0.4, -0.2) is 29.0 Å². The Hall–Kier alpha value is -2.91. The van der Waals surface area contributed by atoms with Crippen LogP contribution in [0.1, 0.15) is 42.9 Å². The van der Waals surface area contributed by atoms with Crippen LogP contribution < -0.4 is 0 Å². The van der Waals surface area contributed by atoms with Crippen molar-refractivity contribution < 1.29 is 9.90 Å². The first kappa shape index (κ1) is 21.9. The lowest BCUT2D eigenvalue weighted by molar-refractivity contribution is -0.130. The van der Waals surface area contributed by atoms with E-state index in [1.807, 2.05) is 59.5 Å². The molecular formula is C30H33NO2. The molecule has 0 spiro atoms. The average Bonchev–Trinajstić information content (AvgIpc) is 3.31. The first-order valence-corrected chi connectivity index (χ1v) is 12.0. The monoisotopic (exact) mass is 439 g/mol. The van der Waals surface area contributed by atoms with Crippen molar-refractivity contribution in [2.45, 2.75) is 38.2 Å². The number of hydrogen-bond acceptors (Lipinski definition) is 2. The number of carbonyl (C=O) groups is 1. The van der Waals surface area contributed by atoms with Crippen LogP contribution in [0.4, 0.5) is 0 Å². The summed E-state index contributed by atoms with van der Waals surface area (Å²) in [5.74, 6) is 0.343. The summed E-state index contributed by atoms with van der Waals surface area (Å²) in [7, 11) is 0. The van der Waals surface area contributed by atoms with E-state index in [-0.39, 0.29) is 29.1 Å². The van der Waals surface area contributed by atoms with Gasteiger partial charge in [-0.3, -0.25) is 4.79 Å². The zero-order valence-corrected chi connectivity index (χ0v) is 19.5. The highest BCUT2D eigenvalue weighted by atomic mass is 16.3. The second-order valence-electron chi connectivity index (χ2n) is 10.5. The highest BCUT2D eigenvalue weighted by Crippen LogP contribution is 2.61. The number of carbonyl (C=O) groups excluding carboxylic acids is 1. The van der Waals surface area contributed by atoms with Gasteiger partial charge in [0.1, 0.15) is 5.60 Å². The Morgan fingerprint density at radius 2 is 1.39 bits per heavy atom. The molecule has 0 radical (unpaired) electrons. The number of likely N-dealkylation sites (tertiary alicyclic amines) is 1. The van der Waals surface area contributed by atoms with Gasteiger partial charge in [-0.25, -0.2) is 0 Å². The smallest absolute Gasteiger partial charge is 0.227 e. The van der Waals surface area contributed by atoms with Gasteiger partial charge in [0.05, 0.1) is 6.42 Å². The lowest BCUT2D eigenvalue weighted by Gasteiger charge is -2.54. The molecule has 2 fully saturated rings. The van der Waals surface area contributed by atoms with Crippen molar-refractivity contribution in [2.75, 3.05) is 13.1 Å². The van der Waals surface area contributed by atoms with Crippen molar-refractivity contribution in [1.29, 1.82) is 0 Å². The molecule has 0 bridgehead atoms. The topological polar surface area (TPSA) is 40.5 Å². The van der Waals surface area contributed by atoms with Gasteiger partial charge in [-0.15, -0.1) is 0 Å². The van der Waals surface area contributed by atoms with Crippen LogP contribution in [0.5, 0.6) is 0 Å². The van der Waals surface area contributed by atoms with Crippen molar-refractivity contribution in [2.24, 2.45) is 17.3 Å². The number of rotatable bonds is 4. The molecule has 1 saturated heterocycles. The van der Waals surface area contributed by atoms with Crippen LogP contribution >= 0.6 is 0 Å². The molecule has 1 saturated carbocycles. The number of benzene rings is 3. The van der Waals surface area contributed by atoms with E-state index < -0.39 is 5.60 Å². The molecule has 0 aromatic heterocycles. The van der Waals surface area contributed by atoms with Crippen LogP contribution in [0.15, 0.2) is 91.0 Å². The number of hydrogen-bond donors (Lipinski definition) is 1. The summed E-state index contributed by atoms with van der Waals surface area (Å²) in [4.78, 5) is 15.3. The van der Waals surface area contributed by atoms with Gasteiger partial charge in [0.2, 0.25) is 5.91 Å². The quantitative estimate of drug-likeness (QED) is 0.591. The molecule has 3 nitrogen and oxygen atoms in total. The Balaban J connectivity index is 1.53. The maximum absolute atomic E-state index is 13.3. The standard InChI is InChI=1S/C30H33NO2/c1-29(2)19-25(23-14-8-4-9-15-23)30(33,24-16-10-5-11-17-24)27-21-31(20-26(27)29)28(32)18-22-12-6-3-7-13-22/h3-17,25-27,33H,18-21H2,1-2H3/t25?,26-,27+,30-/m0/s1. The average molecular weight is 440 g/mol. The zero-order valence-electron chi connectivity index (χ0n) is 19.5. The summed E-state index contributed by atoms with van der Waals surface area (Å²) in [6, 6.07) is 30.5. The van der Waals surface area contributed by atoms with E-state index in [0.717, 1.165) is 17.5 Å². The van der Waals surface area contributed by atoms with E-state index in [1.54, 1.807) is 0 Å². The van der Waals surface area contributed by atoms with Gasteiger partial charge in [0.25, 0.3) is 0 Å². The summed E-state index contributed by atoms with van der Waals surface area (Å²) in [6.45, 7) is 5.93. The first-order valence-electron chi connectivity index (χ1n) is 12.0. The summed E-state index contributed by atoms with van der Waals surface area (Å²) < 4.78 is 0. The summed E-state index contributed by atoms with van der Waals surface area (Å²) in [5, 5.41) is 12.6. The number of nitrogens with zero attached hydrogens (tertiary/aromatic N) is 1. The van der Waals surface area contributed by atoms with Crippen LogP contribution in [0.3, 0.4) is 0 Å². The van der Waals surface area contributed by atoms with Gasteiger partial charge in [-0.2, -0.15) is 0 Å². The van der Waals surface area contributed by atoms with E-state index >= 15 is 0 Å². The molecule has 33 heavy (non-hydrogen) atoms. The van der Waals surface area contributed by atoms with Gasteiger partial charge < -0.3 is 10.0 Å². The molecule has 5 rings (SSSR count). The maximum atomic E-state index is 13.3. The first-order chi connectivity index (χ1) is 15.9. The summed E-state index contributed by atoms with van der Waals surface area (Å²) >= 11 is 0. The van der Waals surface area contributed by atoms with Gasteiger partial charge >= 0.3 is 0 Å². The molecule has 1 amide bonds. The molecule has 3 aromatic carbocycles. The Morgan fingerprint density at radius 3 is 2.03 bits per heavy atom. The minimum Gasteiger partial charge on any atom is -0.384 e. The lowest BCUT2D eigenvalue weighted by Crippen LogP contribution is -2.53. The van der Waals surface area contributed by atoms with Crippen LogP contribution in [0.25, 0.3) is 0 Å². The van der Waals surface area contributed by atoms with E-state index in [9.17, 15) is 9.90 Å². The van der Waals surface area contributed by atoms with Crippen molar-refractivity contribution in [3.63, 3.8) is 0 Å². The molecule has 170 valence electrons. The Labute approximate surface area is 197 Å². The zero-order chi connectivity index (χ0) is 23.1. The minimum absolute atomic E-state index is 0.00790. The molecule has 1 heterocycles. The third kappa shape index (κ3) is 3.89. The van der Waals surface area contributed by atoms with Crippen LogP contribution in [0.2, 0.25) is 0 Å². The van der Waals surface area contributed by atoms with Crippen molar-refractivity contribution >= 4 is 5.91 Å². The van der Waals surface area contributed by atoms with Gasteiger partial charge in [-0.1, -0.05) is 105 Å². The summed E-state index contributed by atoms with van der Waals surface area (Å²) in [5.41, 5.74) is 2.15. The van der Waals surface area contributed by atoms with E-state index in [4.69, 9.17) is 0 Å². The fourth-order valence-electron chi connectivity index (χ4n) is 6.40. The molecule has 1 aliphatic carbocycles. The number of fused-ring (bicyclic) bond motifs is 1. The van der Waals surface area contributed by atoms with E-state index in [1.165, 1.54) is 5.56 Å². The van der Waals surface area contributed by atoms with Crippen molar-refractivity contribution in [3.05, 3.63) is 108 Å². The molecule has 1 aliphatic heterocycles. The van der Waals surface area contributed by atoms with Crippen LogP contribution in [0, 0.1) is 17.3 Å². The Kier molecular flexibility index (Phi) is 5.62. The number of aliphatic hydroxyl groups is 1. The predicted molar refractivity (Wildman–Crippen MR) is 132 cm³/mol.